The Morgan fingerprint density at radius 3 is 2.65 bits per heavy atom. The quantitative estimate of drug-likeness (QED) is 0.843. The molecule has 1 aliphatic heterocycles. The zero-order valence-corrected chi connectivity index (χ0v) is 12.6. The van der Waals surface area contributed by atoms with E-state index in [4.69, 9.17) is 0 Å². The predicted octanol–water partition coefficient (Wildman–Crippen LogP) is 2.60. The molecule has 1 aromatic rings. The zero-order chi connectivity index (χ0) is 14.2. The maximum absolute atomic E-state index is 12.6. The maximum Gasteiger partial charge on any atom is 0.325 e. The van der Waals surface area contributed by atoms with Crippen molar-refractivity contribution in [2.24, 2.45) is 0 Å². The number of nitrogens with one attached hydrogen (secondary N) is 1. The monoisotopic (exact) mass is 337 g/mol. The third-order valence-electron chi connectivity index (χ3n) is 4.06. The molecule has 1 aliphatic carbocycles. The van der Waals surface area contributed by atoms with Gasteiger partial charge in [-0.15, -0.1) is 0 Å². The fourth-order valence-electron chi connectivity index (χ4n) is 2.98. The van der Waals surface area contributed by atoms with Crippen LogP contribution < -0.4 is 5.32 Å². The van der Waals surface area contributed by atoms with Gasteiger partial charge >= 0.3 is 6.03 Å². The molecule has 2 fully saturated rings. The maximum atomic E-state index is 12.6. The van der Waals surface area contributed by atoms with Crippen molar-refractivity contribution in [3.63, 3.8) is 0 Å². The molecule has 3 amide bonds. The standard InChI is InChI=1S/C14H16BrN3O2/c15-10-4-5-11(16-8-10)9-18-12(19)14(17-13(18)20)6-2-1-3-7-14/h4-5,8H,1-3,6-7,9H2,(H,17,20). The van der Waals surface area contributed by atoms with Gasteiger partial charge in [0.05, 0.1) is 12.2 Å². The Labute approximate surface area is 125 Å². The highest BCUT2D eigenvalue weighted by Crippen LogP contribution is 2.34. The summed E-state index contributed by atoms with van der Waals surface area (Å²) in [6.07, 6.45) is 6.31. The number of aromatic nitrogens is 1. The summed E-state index contributed by atoms with van der Waals surface area (Å²) in [5.74, 6) is -0.0908. The van der Waals surface area contributed by atoms with E-state index in [1.54, 1.807) is 6.20 Å². The molecule has 2 heterocycles. The molecule has 0 aromatic carbocycles. The number of urea groups is 1. The average Bonchev–Trinajstić information content (AvgIpc) is 2.67. The van der Waals surface area contributed by atoms with E-state index in [2.05, 4.69) is 26.2 Å². The highest BCUT2D eigenvalue weighted by atomic mass is 79.9. The Bertz CT molecular complexity index is 538. The average molecular weight is 338 g/mol. The molecule has 106 valence electrons. The highest BCUT2D eigenvalue weighted by Gasteiger charge is 2.51. The Hall–Kier alpha value is -1.43. The van der Waals surface area contributed by atoms with Gasteiger partial charge in [-0.3, -0.25) is 14.7 Å². The van der Waals surface area contributed by atoms with Crippen molar-refractivity contribution in [2.75, 3.05) is 0 Å². The molecule has 1 spiro atoms. The summed E-state index contributed by atoms with van der Waals surface area (Å²) in [6.45, 7) is 0.236. The van der Waals surface area contributed by atoms with E-state index >= 15 is 0 Å². The summed E-state index contributed by atoms with van der Waals surface area (Å²) in [4.78, 5) is 30.2. The Morgan fingerprint density at radius 2 is 2.00 bits per heavy atom. The number of imide groups is 1. The predicted molar refractivity (Wildman–Crippen MR) is 76.8 cm³/mol. The van der Waals surface area contributed by atoms with Gasteiger partial charge in [0.1, 0.15) is 5.54 Å². The van der Waals surface area contributed by atoms with E-state index in [0.29, 0.717) is 5.69 Å². The molecule has 5 nitrogen and oxygen atoms in total. The second-order valence-electron chi connectivity index (χ2n) is 5.43. The minimum atomic E-state index is -0.648. The van der Waals surface area contributed by atoms with Crippen molar-refractivity contribution in [3.05, 3.63) is 28.5 Å². The number of rotatable bonds is 2. The third-order valence-corrected chi connectivity index (χ3v) is 4.53. The third kappa shape index (κ3) is 2.32. The van der Waals surface area contributed by atoms with Crippen LogP contribution in [0.4, 0.5) is 4.79 Å². The van der Waals surface area contributed by atoms with E-state index in [1.807, 2.05) is 12.1 Å². The van der Waals surface area contributed by atoms with Crippen molar-refractivity contribution in [1.82, 2.24) is 15.2 Å². The van der Waals surface area contributed by atoms with E-state index in [0.717, 1.165) is 36.6 Å². The number of amides is 3. The molecule has 0 atom stereocenters. The number of halogens is 1. The number of pyridine rings is 1. The van der Waals surface area contributed by atoms with Gasteiger partial charge in [0.25, 0.3) is 5.91 Å². The van der Waals surface area contributed by atoms with Crippen molar-refractivity contribution < 1.29 is 9.59 Å². The van der Waals surface area contributed by atoms with E-state index in [-0.39, 0.29) is 18.5 Å². The van der Waals surface area contributed by atoms with Crippen LogP contribution in [0.15, 0.2) is 22.8 Å². The fourth-order valence-corrected chi connectivity index (χ4v) is 3.21. The highest BCUT2D eigenvalue weighted by molar-refractivity contribution is 9.10. The first-order valence-corrected chi connectivity index (χ1v) is 7.65. The topological polar surface area (TPSA) is 62.3 Å². The van der Waals surface area contributed by atoms with Crippen LogP contribution in [-0.4, -0.2) is 27.4 Å². The Balaban J connectivity index is 1.78. The molecule has 2 aliphatic rings. The lowest BCUT2D eigenvalue weighted by Gasteiger charge is -2.30. The molecule has 6 heteroatoms. The first-order chi connectivity index (χ1) is 9.61. The van der Waals surface area contributed by atoms with Gasteiger partial charge in [-0.25, -0.2) is 4.79 Å². The minimum Gasteiger partial charge on any atom is -0.323 e. The van der Waals surface area contributed by atoms with Crippen LogP contribution in [0.1, 0.15) is 37.8 Å². The normalized spacial score (nSPS) is 21.4. The largest absolute Gasteiger partial charge is 0.325 e. The molecule has 3 rings (SSSR count). The van der Waals surface area contributed by atoms with Crippen LogP contribution in [0, 0.1) is 0 Å². The second-order valence-corrected chi connectivity index (χ2v) is 6.35. The lowest BCUT2D eigenvalue weighted by molar-refractivity contribution is -0.132. The van der Waals surface area contributed by atoms with Crippen molar-refractivity contribution in [1.29, 1.82) is 0 Å². The molecule has 0 unspecified atom stereocenters. The summed E-state index contributed by atoms with van der Waals surface area (Å²) in [7, 11) is 0. The second kappa shape index (κ2) is 5.16. The van der Waals surface area contributed by atoms with Crippen molar-refractivity contribution in [3.8, 4) is 0 Å². The van der Waals surface area contributed by atoms with Gasteiger partial charge in [-0.1, -0.05) is 19.3 Å². The molecule has 0 bridgehead atoms. The summed E-state index contributed by atoms with van der Waals surface area (Å²) in [5.41, 5.74) is 0.0644. The van der Waals surface area contributed by atoms with Crippen LogP contribution in [0.25, 0.3) is 0 Å². The number of hydrogen-bond donors (Lipinski definition) is 1. The number of hydrogen-bond acceptors (Lipinski definition) is 3. The zero-order valence-electron chi connectivity index (χ0n) is 11.1. The van der Waals surface area contributed by atoms with Gasteiger partial charge in [0.15, 0.2) is 0 Å². The van der Waals surface area contributed by atoms with Crippen LogP contribution in [0.2, 0.25) is 0 Å². The van der Waals surface area contributed by atoms with Crippen LogP contribution in [0.3, 0.4) is 0 Å². The van der Waals surface area contributed by atoms with Crippen molar-refractivity contribution >= 4 is 27.9 Å². The minimum absolute atomic E-state index is 0.0908. The summed E-state index contributed by atoms with van der Waals surface area (Å²) >= 11 is 3.32. The van der Waals surface area contributed by atoms with Gasteiger partial charge in [-0.2, -0.15) is 0 Å². The first-order valence-electron chi connectivity index (χ1n) is 6.85. The van der Waals surface area contributed by atoms with Gasteiger partial charge in [-0.05, 0) is 40.9 Å². The molecule has 1 saturated heterocycles. The summed E-state index contributed by atoms with van der Waals surface area (Å²) in [5, 5.41) is 2.90. The SMILES string of the molecule is O=C1NC2(CCCCC2)C(=O)N1Cc1ccc(Br)cn1. The Kier molecular flexibility index (Phi) is 3.50. The summed E-state index contributed by atoms with van der Waals surface area (Å²) < 4.78 is 0.877. The number of nitrogens with zero attached hydrogens (tertiary/aromatic N) is 2. The number of carbonyl (C=O) groups is 2. The lowest BCUT2D eigenvalue weighted by atomic mass is 9.82. The molecule has 1 N–H and O–H groups in total. The van der Waals surface area contributed by atoms with Gasteiger partial charge < -0.3 is 5.32 Å². The lowest BCUT2D eigenvalue weighted by Crippen LogP contribution is -2.48. The van der Waals surface area contributed by atoms with Gasteiger partial charge in [0, 0.05) is 10.7 Å². The van der Waals surface area contributed by atoms with Crippen LogP contribution in [-0.2, 0) is 11.3 Å². The van der Waals surface area contributed by atoms with Crippen LogP contribution in [0.5, 0.6) is 0 Å². The molecule has 1 saturated carbocycles. The molecule has 20 heavy (non-hydrogen) atoms. The smallest absolute Gasteiger partial charge is 0.323 e. The van der Waals surface area contributed by atoms with E-state index < -0.39 is 5.54 Å². The van der Waals surface area contributed by atoms with Crippen LogP contribution >= 0.6 is 15.9 Å². The van der Waals surface area contributed by atoms with Crippen molar-refractivity contribution in [2.45, 2.75) is 44.2 Å². The van der Waals surface area contributed by atoms with E-state index in [9.17, 15) is 9.59 Å². The fraction of sp³-hybridized carbons (Fsp3) is 0.500. The molecule has 1 aromatic heterocycles. The summed E-state index contributed by atoms with van der Waals surface area (Å²) in [6, 6.07) is 3.38. The van der Waals surface area contributed by atoms with Gasteiger partial charge in [0.2, 0.25) is 0 Å². The molecule has 0 radical (unpaired) electrons. The van der Waals surface area contributed by atoms with E-state index in [1.165, 1.54) is 4.90 Å². The molecular weight excluding hydrogens is 322 g/mol. The first kappa shape index (κ1) is 13.5. The Morgan fingerprint density at radius 1 is 1.25 bits per heavy atom. The number of carbonyl (C=O) groups excluding carboxylic acids is 2. The molecular formula is C14H16BrN3O2.